The molecule has 26 heteroatoms. The lowest BCUT2D eigenvalue weighted by Gasteiger charge is -2.20. The Kier molecular flexibility index (Phi) is 34.8. The van der Waals surface area contributed by atoms with Crippen molar-refractivity contribution < 1.29 is 88.8 Å². The molecular formula is C99H106BBrFN6O17. The monoisotopic (exact) mass is 1760 g/mol. The van der Waals surface area contributed by atoms with Crippen molar-refractivity contribution >= 4 is 76.3 Å². The lowest BCUT2D eigenvalue weighted by Crippen LogP contribution is -2.22. The van der Waals surface area contributed by atoms with Gasteiger partial charge in [0.15, 0.2) is 0 Å². The number of benzene rings is 9. The molecule has 12 aromatic rings. The van der Waals surface area contributed by atoms with Crippen LogP contribution in [0, 0.1) is 5.82 Å². The number of hydrogen-bond donors (Lipinski definition) is 13. The van der Waals surface area contributed by atoms with Crippen molar-refractivity contribution in [1.82, 2.24) is 13.7 Å². The Labute approximate surface area is 735 Å². The number of nitrogens with one attached hydrogen (secondary N) is 3. The maximum absolute atomic E-state index is 14.1. The number of carboxylic acids is 3. The van der Waals surface area contributed by atoms with E-state index in [2.05, 4.69) is 36.4 Å². The van der Waals surface area contributed by atoms with Crippen molar-refractivity contribution in [3.05, 3.63) is 299 Å². The summed E-state index contributed by atoms with van der Waals surface area (Å²) in [5.74, 6) is -4.41. The van der Waals surface area contributed by atoms with Gasteiger partial charge in [-0.15, -0.1) is 0 Å². The first kappa shape index (κ1) is 94.9. The third kappa shape index (κ3) is 25.9. The van der Waals surface area contributed by atoms with E-state index < -0.39 is 73.8 Å². The van der Waals surface area contributed by atoms with Crippen molar-refractivity contribution in [3.63, 3.8) is 0 Å². The van der Waals surface area contributed by atoms with Crippen LogP contribution in [-0.4, -0.2) is 145 Å². The molecule has 3 heterocycles. The molecule has 0 aliphatic heterocycles. The molecule has 0 spiro atoms. The molecule has 0 bridgehead atoms. The van der Waals surface area contributed by atoms with Crippen LogP contribution in [0.5, 0.6) is 5.75 Å². The van der Waals surface area contributed by atoms with Crippen LogP contribution in [-0.2, 0) is 34.0 Å². The molecule has 0 saturated heterocycles. The molecule has 3 amide bonds. The number of amides is 3. The van der Waals surface area contributed by atoms with Gasteiger partial charge in [0.1, 0.15) is 11.6 Å². The van der Waals surface area contributed by atoms with Gasteiger partial charge in [-0.3, -0.25) is 28.8 Å². The van der Waals surface area contributed by atoms with Crippen LogP contribution in [0.15, 0.2) is 259 Å². The molecule has 125 heavy (non-hydrogen) atoms. The summed E-state index contributed by atoms with van der Waals surface area (Å²) in [7, 11) is 0.607. The maximum atomic E-state index is 14.1. The first-order chi connectivity index (χ1) is 60.0. The number of hydrogen-bond acceptors (Lipinski definition) is 14. The summed E-state index contributed by atoms with van der Waals surface area (Å²) in [6.45, 7) is 13.0. The molecule has 0 unspecified atom stereocenters. The first-order valence-corrected chi connectivity index (χ1v) is 42.3. The Morgan fingerprint density at radius 1 is 0.352 bits per heavy atom. The van der Waals surface area contributed by atoms with E-state index in [4.69, 9.17) is 25.0 Å². The van der Waals surface area contributed by atoms with Crippen molar-refractivity contribution in [3.8, 4) is 72.9 Å². The highest BCUT2D eigenvalue weighted by atomic mass is 79.9. The van der Waals surface area contributed by atoms with E-state index in [0.29, 0.717) is 77.1 Å². The number of halogens is 2. The SMILES string of the molecule is CC(C)c1c(C(=O)Nc2ccccc2)c(-c2ccccc2)c(-c2ccc(Br)cc2)n1CC[C@@H](O)C[C@@H](O)CC(=O)O.CC(C)c1c(C(=O)Nc2ccccc2)c(-c2ccccc2)c(-c2ccc(F)cc2)n1CC[C@@H](O)C[C@@H](O)CC(=O)O.CC(C)c1c(C(=O)Nc2ccccc2)c(-c2ccccc2)c(-c2ccc(O[B]O)cc2)n1CC[C@@H](O)C[C@@H](O)CC(=O)O. The molecule has 9 aromatic carbocycles. The fourth-order valence-electron chi connectivity index (χ4n) is 15.8. The summed E-state index contributed by atoms with van der Waals surface area (Å²) >= 11 is 3.52. The van der Waals surface area contributed by atoms with Crippen LogP contribution < -0.4 is 20.6 Å². The Bertz CT molecular complexity index is 5300. The fourth-order valence-corrected chi connectivity index (χ4v) is 16.0. The van der Waals surface area contributed by atoms with Gasteiger partial charge in [-0.25, -0.2) is 4.39 Å². The number of carbonyl (C=O) groups is 6. The number of aliphatic carboxylic acids is 3. The third-order valence-electron chi connectivity index (χ3n) is 21.0. The number of carboxylic acid groups (broad SMARTS) is 3. The van der Waals surface area contributed by atoms with Gasteiger partial charge < -0.3 is 85.3 Å². The molecule has 0 saturated carbocycles. The molecule has 0 aliphatic carbocycles. The summed E-state index contributed by atoms with van der Waals surface area (Å²) in [5, 5.41) is 108. The lowest BCUT2D eigenvalue weighted by atomic mass is 9.94. The summed E-state index contributed by atoms with van der Waals surface area (Å²) in [5.41, 5.74) is 15.3. The number of anilines is 3. The van der Waals surface area contributed by atoms with Crippen LogP contribution in [0.4, 0.5) is 21.5 Å². The Balaban J connectivity index is 0.000000196. The van der Waals surface area contributed by atoms with Crippen LogP contribution in [0.1, 0.15) is 165 Å². The number of aromatic nitrogens is 3. The minimum atomic E-state index is -1.18. The predicted molar refractivity (Wildman–Crippen MR) is 488 cm³/mol. The van der Waals surface area contributed by atoms with Gasteiger partial charge in [0, 0.05) is 74.9 Å². The number of aliphatic hydroxyl groups is 6. The topological polar surface area (TPSA) is 365 Å². The average Bonchev–Trinajstić information content (AvgIpc) is 1.60. The lowest BCUT2D eigenvalue weighted by molar-refractivity contribution is -0.140. The number of carbonyl (C=O) groups excluding carboxylic acids is 3. The molecule has 0 fully saturated rings. The normalized spacial score (nSPS) is 12.7. The second kappa shape index (κ2) is 45.8. The minimum absolute atomic E-state index is 0.0482. The number of nitrogens with zero attached hydrogens (tertiary/aromatic N) is 3. The Morgan fingerprint density at radius 2 is 0.600 bits per heavy atom. The Hall–Kier alpha value is -12.4. The highest BCUT2D eigenvalue weighted by molar-refractivity contribution is 9.10. The molecule has 6 atom stereocenters. The summed E-state index contributed by atoms with van der Waals surface area (Å²) in [6, 6.07) is 77.8. The number of rotatable bonds is 38. The molecular weight excluding hydrogens is 1650 g/mol. The zero-order valence-corrected chi connectivity index (χ0v) is 72.0. The highest BCUT2D eigenvalue weighted by Gasteiger charge is 2.36. The van der Waals surface area contributed by atoms with Gasteiger partial charge in [0.2, 0.25) is 0 Å². The minimum Gasteiger partial charge on any atom is -0.537 e. The summed E-state index contributed by atoms with van der Waals surface area (Å²) in [4.78, 5) is 75.3. The predicted octanol–water partition coefficient (Wildman–Crippen LogP) is 18.3. The molecule has 1 radical (unpaired) electrons. The summed E-state index contributed by atoms with van der Waals surface area (Å²) < 4.78 is 26.2. The first-order valence-electron chi connectivity index (χ1n) is 41.5. The number of aliphatic hydroxyl groups excluding tert-OH is 6. The van der Waals surface area contributed by atoms with Crippen molar-refractivity contribution in [1.29, 1.82) is 0 Å². The smallest absolute Gasteiger partial charge is 0.537 e. The van der Waals surface area contributed by atoms with Crippen LogP contribution >= 0.6 is 15.9 Å². The van der Waals surface area contributed by atoms with E-state index in [1.807, 2.05) is 269 Å². The van der Waals surface area contributed by atoms with E-state index in [-0.39, 0.29) is 86.4 Å². The zero-order chi connectivity index (χ0) is 90.0. The average molecular weight is 1760 g/mol. The van der Waals surface area contributed by atoms with E-state index in [1.165, 1.54) is 12.1 Å². The van der Waals surface area contributed by atoms with E-state index in [0.717, 1.165) is 71.9 Å². The molecule has 13 N–H and O–H groups in total. The van der Waals surface area contributed by atoms with Crippen molar-refractivity contribution in [2.24, 2.45) is 0 Å². The Morgan fingerprint density at radius 3 is 0.848 bits per heavy atom. The van der Waals surface area contributed by atoms with Crippen molar-refractivity contribution in [2.45, 2.75) is 173 Å². The van der Waals surface area contributed by atoms with Gasteiger partial charge in [-0.2, -0.15) is 0 Å². The van der Waals surface area contributed by atoms with Gasteiger partial charge >= 0.3 is 25.6 Å². The standard InChI is InChI=1S/C33H36BN2O7.C33H35BrN2O5.C33H35FN2O5/c1-21(2)31-30(33(41)35-24-11-7-4-8-12-24)29(22-9-5-3-6-10-22)32(23-13-15-27(16-14-23)43-34-42)36(31)18-17-25(37)19-26(38)20-28(39)40;2*1-21(2)31-30(33(41)35-25-11-7-4-8-12-25)29(22-9-5-3-6-10-22)32(23-13-15-24(34)16-14-23)36(31)18-17-26(37)19-27(38)20-28(39)40/h3-16,21,25-26,37-38,42H,17-20H2,1-2H3,(H,35,41)(H,39,40);2*3-16,21,26-27,37-38H,17-20H2,1-2H3,(H,35,41)(H,39,40)/t25-,26-;2*26-,27-/m111/s1. The van der Waals surface area contributed by atoms with Gasteiger partial charge in [-0.1, -0.05) is 215 Å². The summed E-state index contributed by atoms with van der Waals surface area (Å²) in [6.07, 6.45) is -7.26. The number of para-hydroxylation sites is 3. The van der Waals surface area contributed by atoms with Crippen LogP contribution in [0.3, 0.4) is 0 Å². The van der Waals surface area contributed by atoms with E-state index >= 15 is 0 Å². The van der Waals surface area contributed by atoms with Crippen LogP contribution in [0.25, 0.3) is 67.2 Å². The molecule has 0 aliphatic rings. The fraction of sp³-hybridized carbons (Fsp3) is 0.273. The third-order valence-corrected chi connectivity index (χ3v) is 21.5. The van der Waals surface area contributed by atoms with Crippen molar-refractivity contribution in [2.75, 3.05) is 16.0 Å². The molecule has 3 aromatic heterocycles. The largest absolute Gasteiger partial charge is 0.569 e. The van der Waals surface area contributed by atoms with E-state index in [9.17, 15) is 63.8 Å². The maximum Gasteiger partial charge on any atom is 0.569 e. The zero-order valence-electron chi connectivity index (χ0n) is 70.4. The molecule has 23 nitrogen and oxygen atoms in total. The second-order valence-corrected chi connectivity index (χ2v) is 32.4. The van der Waals surface area contributed by atoms with Gasteiger partial charge in [-0.05, 0) is 187 Å². The highest BCUT2D eigenvalue weighted by Crippen LogP contribution is 2.47. The van der Waals surface area contributed by atoms with Gasteiger partial charge in [0.25, 0.3) is 17.7 Å². The molecule has 12 rings (SSSR count). The molecule has 651 valence electrons. The van der Waals surface area contributed by atoms with Gasteiger partial charge in [0.05, 0.1) is 89.7 Å². The van der Waals surface area contributed by atoms with Crippen LogP contribution in [0.2, 0.25) is 0 Å². The quantitative estimate of drug-likeness (QED) is 0.0160. The van der Waals surface area contributed by atoms with E-state index in [1.54, 1.807) is 24.3 Å². The second-order valence-electron chi connectivity index (χ2n) is 31.5.